The standard InChI is InChI=1S/C14H12N4O4S2/c1-22-9-5-3-8(4-6-9)7-10-11(15)18-13(16-12(10)19)23-14(17-18)24(2,20)21/h3-7,15H,1-2H3/b10-7+,15-11?. The maximum absolute atomic E-state index is 12.2. The van der Waals surface area contributed by atoms with Gasteiger partial charge >= 0.3 is 0 Å². The summed E-state index contributed by atoms with van der Waals surface area (Å²) in [6.45, 7) is 0. The van der Waals surface area contributed by atoms with Gasteiger partial charge in [-0.25, -0.2) is 8.42 Å². The molecule has 0 aliphatic carbocycles. The zero-order chi connectivity index (χ0) is 17.5. The lowest BCUT2D eigenvalue weighted by molar-refractivity contribution is -0.114. The van der Waals surface area contributed by atoms with Gasteiger partial charge in [0.25, 0.3) is 5.91 Å². The van der Waals surface area contributed by atoms with Crippen molar-refractivity contribution < 1.29 is 17.9 Å². The Balaban J connectivity index is 1.97. The van der Waals surface area contributed by atoms with Crippen molar-refractivity contribution in [3.8, 4) is 5.75 Å². The normalized spacial score (nSPS) is 19.2. The fourth-order valence-electron chi connectivity index (χ4n) is 1.99. The van der Waals surface area contributed by atoms with Crippen LogP contribution >= 0.6 is 11.8 Å². The number of sulfone groups is 1. The number of fused-ring (bicyclic) bond motifs is 1. The van der Waals surface area contributed by atoms with Crippen molar-refractivity contribution in [3.63, 3.8) is 0 Å². The predicted octanol–water partition coefficient (Wildman–Crippen LogP) is 1.32. The number of nitrogens with one attached hydrogen (secondary N) is 1. The molecule has 124 valence electrons. The van der Waals surface area contributed by atoms with E-state index < -0.39 is 15.7 Å². The van der Waals surface area contributed by atoms with E-state index in [1.54, 1.807) is 31.4 Å². The van der Waals surface area contributed by atoms with E-state index in [1.165, 1.54) is 6.08 Å². The second kappa shape index (κ2) is 5.87. The van der Waals surface area contributed by atoms with Gasteiger partial charge in [-0.05, 0) is 35.5 Å². The summed E-state index contributed by atoms with van der Waals surface area (Å²) in [7, 11) is -1.99. The Hall–Kier alpha value is -2.46. The first-order chi connectivity index (χ1) is 11.3. The maximum atomic E-state index is 12.2. The van der Waals surface area contributed by atoms with Crippen molar-refractivity contribution in [1.82, 2.24) is 5.01 Å². The molecule has 0 aromatic heterocycles. The lowest BCUT2D eigenvalue weighted by atomic mass is 10.1. The molecule has 2 aliphatic rings. The van der Waals surface area contributed by atoms with Crippen LogP contribution in [0.1, 0.15) is 5.56 Å². The molecule has 1 aromatic rings. The van der Waals surface area contributed by atoms with Gasteiger partial charge in [0.15, 0.2) is 5.84 Å². The summed E-state index contributed by atoms with van der Waals surface area (Å²) < 4.78 is 28.0. The van der Waals surface area contributed by atoms with E-state index in [-0.39, 0.29) is 21.0 Å². The summed E-state index contributed by atoms with van der Waals surface area (Å²) in [6, 6.07) is 6.92. The summed E-state index contributed by atoms with van der Waals surface area (Å²) in [4.78, 5) is 16.0. The largest absolute Gasteiger partial charge is 0.497 e. The number of nitrogens with zero attached hydrogens (tertiary/aromatic N) is 3. The molecule has 0 saturated heterocycles. The minimum absolute atomic E-state index is 0.0306. The van der Waals surface area contributed by atoms with Crippen molar-refractivity contribution >= 4 is 49.0 Å². The van der Waals surface area contributed by atoms with Crippen molar-refractivity contribution in [2.24, 2.45) is 10.1 Å². The van der Waals surface area contributed by atoms with Gasteiger partial charge in [0.05, 0.1) is 12.7 Å². The lowest BCUT2D eigenvalue weighted by Gasteiger charge is -2.20. The van der Waals surface area contributed by atoms with Crippen LogP contribution in [0.4, 0.5) is 0 Å². The van der Waals surface area contributed by atoms with Gasteiger partial charge in [0.2, 0.25) is 19.4 Å². The molecule has 0 fully saturated rings. The first kappa shape index (κ1) is 16.4. The highest BCUT2D eigenvalue weighted by Crippen LogP contribution is 2.30. The minimum Gasteiger partial charge on any atom is -0.497 e. The van der Waals surface area contributed by atoms with E-state index in [1.807, 2.05) is 0 Å². The van der Waals surface area contributed by atoms with Crippen LogP contribution < -0.4 is 4.74 Å². The molecule has 0 unspecified atom stereocenters. The van der Waals surface area contributed by atoms with Crippen LogP contribution in [-0.4, -0.2) is 48.1 Å². The van der Waals surface area contributed by atoms with Gasteiger partial charge in [-0.2, -0.15) is 10.0 Å². The molecule has 1 N–H and O–H groups in total. The average Bonchev–Trinajstić information content (AvgIpc) is 2.96. The molecule has 0 atom stereocenters. The highest BCUT2D eigenvalue weighted by molar-refractivity contribution is 8.42. The summed E-state index contributed by atoms with van der Waals surface area (Å²) in [5.41, 5.74) is 0.713. The van der Waals surface area contributed by atoms with E-state index in [0.717, 1.165) is 23.0 Å². The Kier molecular flexibility index (Phi) is 4.01. The van der Waals surface area contributed by atoms with Crippen LogP contribution in [0.15, 0.2) is 39.9 Å². The molecular formula is C14H12N4O4S2. The Labute approximate surface area is 142 Å². The zero-order valence-electron chi connectivity index (χ0n) is 12.7. The van der Waals surface area contributed by atoms with E-state index in [4.69, 9.17) is 10.1 Å². The fourth-order valence-corrected chi connectivity index (χ4v) is 3.68. The molecule has 1 amide bonds. The van der Waals surface area contributed by atoms with Crippen LogP contribution in [-0.2, 0) is 14.6 Å². The first-order valence-corrected chi connectivity index (χ1v) is 9.35. The molecule has 0 radical (unpaired) electrons. The number of benzene rings is 1. The highest BCUT2D eigenvalue weighted by Gasteiger charge is 2.38. The summed E-state index contributed by atoms with van der Waals surface area (Å²) >= 11 is 0.755. The number of hydrogen-bond donors (Lipinski definition) is 1. The smallest absolute Gasteiger partial charge is 0.283 e. The Bertz CT molecular complexity index is 930. The van der Waals surface area contributed by atoms with Crippen LogP contribution in [0.5, 0.6) is 5.75 Å². The second-order valence-electron chi connectivity index (χ2n) is 4.93. The lowest BCUT2D eigenvalue weighted by Crippen LogP contribution is -2.35. The van der Waals surface area contributed by atoms with Gasteiger partial charge in [-0.15, -0.1) is 5.10 Å². The van der Waals surface area contributed by atoms with Gasteiger partial charge < -0.3 is 4.74 Å². The molecule has 2 heterocycles. The van der Waals surface area contributed by atoms with Gasteiger partial charge in [0, 0.05) is 6.26 Å². The van der Waals surface area contributed by atoms with Gasteiger partial charge in [-0.3, -0.25) is 10.2 Å². The Morgan fingerprint density at radius 2 is 1.96 bits per heavy atom. The minimum atomic E-state index is -3.54. The van der Waals surface area contributed by atoms with E-state index in [0.29, 0.717) is 11.3 Å². The highest BCUT2D eigenvalue weighted by atomic mass is 32.3. The predicted molar refractivity (Wildman–Crippen MR) is 92.8 cm³/mol. The number of thioether (sulfide) groups is 1. The number of carbonyl (C=O) groups excluding carboxylic acids is 1. The second-order valence-corrected chi connectivity index (χ2v) is 8.08. The molecule has 8 nitrogen and oxygen atoms in total. The number of rotatable bonds is 2. The molecule has 3 rings (SSSR count). The molecule has 1 aromatic carbocycles. The van der Waals surface area contributed by atoms with Crippen molar-refractivity contribution in [1.29, 1.82) is 5.41 Å². The molecule has 2 aliphatic heterocycles. The number of amidine groups is 2. The zero-order valence-corrected chi connectivity index (χ0v) is 14.3. The average molecular weight is 364 g/mol. The first-order valence-electron chi connectivity index (χ1n) is 6.64. The molecule has 10 heteroatoms. The number of carbonyl (C=O) groups is 1. The third-order valence-corrected chi connectivity index (χ3v) is 5.76. The number of aliphatic imine (C=N–C) groups is 1. The number of hydrazone groups is 1. The Morgan fingerprint density at radius 1 is 1.29 bits per heavy atom. The number of ether oxygens (including phenoxy) is 1. The number of hydrogen-bond acceptors (Lipinski definition) is 7. The van der Waals surface area contributed by atoms with Crippen molar-refractivity contribution in [2.45, 2.75) is 0 Å². The fraction of sp³-hybridized carbons (Fsp3) is 0.143. The molecular weight excluding hydrogens is 352 g/mol. The Morgan fingerprint density at radius 3 is 2.54 bits per heavy atom. The monoisotopic (exact) mass is 364 g/mol. The maximum Gasteiger partial charge on any atom is 0.283 e. The summed E-state index contributed by atoms with van der Waals surface area (Å²) in [6.07, 6.45) is 2.51. The quantitative estimate of drug-likeness (QED) is 0.792. The molecule has 0 spiro atoms. The molecule has 0 saturated carbocycles. The van der Waals surface area contributed by atoms with E-state index in [2.05, 4.69) is 10.1 Å². The summed E-state index contributed by atoms with van der Waals surface area (Å²) in [5, 5.41) is 13.1. The molecule has 0 bridgehead atoms. The van der Waals surface area contributed by atoms with Crippen LogP contribution in [0.25, 0.3) is 6.08 Å². The number of methoxy groups -OCH3 is 1. The van der Waals surface area contributed by atoms with E-state index >= 15 is 0 Å². The van der Waals surface area contributed by atoms with Crippen molar-refractivity contribution in [2.75, 3.05) is 13.4 Å². The SMILES string of the molecule is COc1ccc(/C=C2\C(=N)N3N=C(S(C)(=O)=O)SC3=NC2=O)cc1. The third kappa shape index (κ3) is 2.97. The number of amides is 1. The van der Waals surface area contributed by atoms with Crippen LogP contribution in [0, 0.1) is 5.41 Å². The molecule has 24 heavy (non-hydrogen) atoms. The third-order valence-electron chi connectivity index (χ3n) is 3.18. The van der Waals surface area contributed by atoms with E-state index in [9.17, 15) is 13.2 Å². The topological polar surface area (TPSA) is 112 Å². The van der Waals surface area contributed by atoms with Crippen LogP contribution in [0.2, 0.25) is 0 Å². The summed E-state index contributed by atoms with van der Waals surface area (Å²) in [5.74, 6) is -0.160. The van der Waals surface area contributed by atoms with Crippen molar-refractivity contribution in [3.05, 3.63) is 35.4 Å². The van der Waals surface area contributed by atoms with Gasteiger partial charge in [0.1, 0.15) is 5.75 Å². The van der Waals surface area contributed by atoms with Gasteiger partial charge in [-0.1, -0.05) is 12.1 Å². The van der Waals surface area contributed by atoms with Crippen LogP contribution in [0.3, 0.4) is 0 Å².